The summed E-state index contributed by atoms with van der Waals surface area (Å²) in [4.78, 5) is 3.82. The van der Waals surface area contributed by atoms with E-state index in [0.717, 1.165) is 12.1 Å². The fourth-order valence-corrected chi connectivity index (χ4v) is 1.14. The fraction of sp³-hybridized carbons (Fsp3) is 0. The predicted molar refractivity (Wildman–Crippen MR) is 55.1 cm³/mol. The Hall–Kier alpha value is -2.17. The first-order chi connectivity index (χ1) is 7.66. The Balaban J connectivity index is 2.32. The first kappa shape index (κ1) is 10.4. The van der Waals surface area contributed by atoms with Crippen LogP contribution in [0.1, 0.15) is 0 Å². The second kappa shape index (κ2) is 4.14. The highest BCUT2D eigenvalue weighted by atomic mass is 19.1. The van der Waals surface area contributed by atoms with Crippen molar-refractivity contribution in [3.63, 3.8) is 0 Å². The predicted octanol–water partition coefficient (Wildman–Crippen LogP) is 2.73. The van der Waals surface area contributed by atoms with Gasteiger partial charge in [0.05, 0.1) is 5.69 Å². The van der Waals surface area contributed by atoms with E-state index >= 15 is 0 Å². The molecule has 0 spiro atoms. The molecule has 3 nitrogen and oxygen atoms in total. The number of rotatable bonds is 2. The number of ether oxygens (including phenoxy) is 1. The SMILES string of the molecule is Nc1cc(F)c(Oc2ccccn2)cc1F. The van der Waals surface area contributed by atoms with Crippen LogP contribution in [-0.4, -0.2) is 4.98 Å². The molecule has 2 N–H and O–H groups in total. The van der Waals surface area contributed by atoms with Gasteiger partial charge in [0.1, 0.15) is 5.82 Å². The van der Waals surface area contributed by atoms with E-state index in [2.05, 4.69) is 4.98 Å². The van der Waals surface area contributed by atoms with Crippen molar-refractivity contribution in [1.82, 2.24) is 4.98 Å². The zero-order valence-electron chi connectivity index (χ0n) is 8.15. The van der Waals surface area contributed by atoms with Gasteiger partial charge >= 0.3 is 0 Å². The maximum atomic E-state index is 13.3. The van der Waals surface area contributed by atoms with Crippen molar-refractivity contribution in [3.8, 4) is 11.6 Å². The number of halogens is 2. The highest BCUT2D eigenvalue weighted by molar-refractivity contribution is 5.45. The zero-order chi connectivity index (χ0) is 11.5. The number of hydrogen-bond acceptors (Lipinski definition) is 3. The van der Waals surface area contributed by atoms with Gasteiger partial charge in [0.25, 0.3) is 0 Å². The van der Waals surface area contributed by atoms with Gasteiger partial charge in [-0.15, -0.1) is 0 Å². The minimum atomic E-state index is -0.732. The molecule has 0 bridgehead atoms. The van der Waals surface area contributed by atoms with Crippen molar-refractivity contribution < 1.29 is 13.5 Å². The van der Waals surface area contributed by atoms with Crippen LogP contribution in [0.15, 0.2) is 36.5 Å². The topological polar surface area (TPSA) is 48.1 Å². The molecule has 1 aromatic carbocycles. The van der Waals surface area contributed by atoms with Gasteiger partial charge < -0.3 is 10.5 Å². The summed E-state index contributed by atoms with van der Waals surface area (Å²) in [7, 11) is 0. The molecule has 0 atom stereocenters. The summed E-state index contributed by atoms with van der Waals surface area (Å²) in [5.74, 6) is -1.52. The van der Waals surface area contributed by atoms with Gasteiger partial charge in [0.15, 0.2) is 11.6 Å². The zero-order valence-corrected chi connectivity index (χ0v) is 8.15. The molecule has 1 aromatic heterocycles. The summed E-state index contributed by atoms with van der Waals surface area (Å²) in [5, 5.41) is 0. The minimum Gasteiger partial charge on any atom is -0.436 e. The number of hydrogen-bond donors (Lipinski definition) is 1. The van der Waals surface area contributed by atoms with Crippen molar-refractivity contribution in [3.05, 3.63) is 48.2 Å². The van der Waals surface area contributed by atoms with E-state index in [4.69, 9.17) is 10.5 Å². The fourth-order valence-electron chi connectivity index (χ4n) is 1.14. The van der Waals surface area contributed by atoms with Crippen LogP contribution < -0.4 is 10.5 Å². The van der Waals surface area contributed by atoms with Crippen molar-refractivity contribution in [1.29, 1.82) is 0 Å². The maximum Gasteiger partial charge on any atom is 0.219 e. The monoisotopic (exact) mass is 222 g/mol. The van der Waals surface area contributed by atoms with Crippen LogP contribution in [-0.2, 0) is 0 Å². The number of nitrogens with two attached hydrogens (primary N) is 1. The van der Waals surface area contributed by atoms with Crippen LogP contribution in [0.25, 0.3) is 0 Å². The normalized spacial score (nSPS) is 10.1. The van der Waals surface area contributed by atoms with Crippen LogP contribution >= 0.6 is 0 Å². The molecule has 0 unspecified atom stereocenters. The molecule has 0 saturated carbocycles. The maximum absolute atomic E-state index is 13.3. The summed E-state index contributed by atoms with van der Waals surface area (Å²) in [6, 6.07) is 6.65. The minimum absolute atomic E-state index is 0.186. The molecule has 0 aliphatic heterocycles. The van der Waals surface area contributed by atoms with E-state index < -0.39 is 11.6 Å². The van der Waals surface area contributed by atoms with Gasteiger partial charge in [0, 0.05) is 24.4 Å². The van der Waals surface area contributed by atoms with Crippen molar-refractivity contribution in [2.75, 3.05) is 5.73 Å². The lowest BCUT2D eigenvalue weighted by Crippen LogP contribution is -1.96. The van der Waals surface area contributed by atoms with Crippen LogP contribution in [0.2, 0.25) is 0 Å². The van der Waals surface area contributed by atoms with Gasteiger partial charge in [-0.1, -0.05) is 6.07 Å². The lowest BCUT2D eigenvalue weighted by molar-refractivity contribution is 0.423. The molecule has 0 amide bonds. The van der Waals surface area contributed by atoms with E-state index in [-0.39, 0.29) is 17.3 Å². The second-order valence-corrected chi connectivity index (χ2v) is 3.07. The van der Waals surface area contributed by atoms with E-state index in [9.17, 15) is 8.78 Å². The van der Waals surface area contributed by atoms with Gasteiger partial charge in [-0.2, -0.15) is 0 Å². The summed E-state index contributed by atoms with van der Waals surface area (Å²) in [5.41, 5.74) is 4.94. The number of pyridine rings is 1. The lowest BCUT2D eigenvalue weighted by atomic mass is 10.3. The number of benzene rings is 1. The highest BCUT2D eigenvalue weighted by Crippen LogP contribution is 2.26. The third-order valence-electron chi connectivity index (χ3n) is 1.90. The van der Waals surface area contributed by atoms with Crippen LogP contribution in [0.5, 0.6) is 11.6 Å². The third kappa shape index (κ3) is 2.08. The molecular formula is C11H8F2N2O. The van der Waals surface area contributed by atoms with Crippen LogP contribution in [0.3, 0.4) is 0 Å². The molecule has 2 rings (SSSR count). The number of anilines is 1. The number of nitrogens with zero attached hydrogens (tertiary/aromatic N) is 1. The smallest absolute Gasteiger partial charge is 0.219 e. The lowest BCUT2D eigenvalue weighted by Gasteiger charge is -2.06. The molecule has 0 aliphatic carbocycles. The summed E-state index contributed by atoms with van der Waals surface area (Å²) >= 11 is 0. The third-order valence-corrected chi connectivity index (χ3v) is 1.90. The molecule has 16 heavy (non-hydrogen) atoms. The van der Waals surface area contributed by atoms with E-state index in [1.165, 1.54) is 12.3 Å². The Kier molecular flexibility index (Phi) is 2.68. The van der Waals surface area contributed by atoms with Gasteiger partial charge in [-0.3, -0.25) is 0 Å². The molecule has 0 radical (unpaired) electrons. The summed E-state index contributed by atoms with van der Waals surface area (Å²) in [6.45, 7) is 0. The van der Waals surface area contributed by atoms with E-state index in [1.54, 1.807) is 12.1 Å². The van der Waals surface area contributed by atoms with E-state index in [1.807, 2.05) is 0 Å². The number of nitrogen functional groups attached to an aromatic ring is 1. The largest absolute Gasteiger partial charge is 0.436 e. The van der Waals surface area contributed by atoms with Crippen molar-refractivity contribution in [2.24, 2.45) is 0 Å². The standard InChI is InChI=1S/C11H8F2N2O/c12-7-6-10(8(13)5-9(7)14)16-11-3-1-2-4-15-11/h1-6H,14H2. The Bertz CT molecular complexity index is 503. The van der Waals surface area contributed by atoms with Crippen molar-refractivity contribution >= 4 is 5.69 Å². The van der Waals surface area contributed by atoms with Crippen LogP contribution in [0.4, 0.5) is 14.5 Å². The van der Waals surface area contributed by atoms with Gasteiger partial charge in [-0.05, 0) is 6.07 Å². The molecule has 0 fully saturated rings. The molecule has 5 heteroatoms. The Labute approximate surface area is 90.5 Å². The number of aromatic nitrogens is 1. The van der Waals surface area contributed by atoms with Gasteiger partial charge in [-0.25, -0.2) is 13.8 Å². The molecule has 0 aliphatic rings. The van der Waals surface area contributed by atoms with Crippen molar-refractivity contribution in [2.45, 2.75) is 0 Å². The summed E-state index contributed by atoms with van der Waals surface area (Å²) < 4.78 is 31.4. The quantitative estimate of drug-likeness (QED) is 0.795. The molecular weight excluding hydrogens is 214 g/mol. The van der Waals surface area contributed by atoms with E-state index in [0.29, 0.717) is 0 Å². The molecule has 82 valence electrons. The molecule has 0 saturated heterocycles. The average Bonchev–Trinajstić information content (AvgIpc) is 2.27. The second-order valence-electron chi connectivity index (χ2n) is 3.07. The Morgan fingerprint density at radius 1 is 1.12 bits per heavy atom. The van der Waals surface area contributed by atoms with Crippen LogP contribution in [0, 0.1) is 11.6 Å². The Morgan fingerprint density at radius 2 is 1.94 bits per heavy atom. The first-order valence-electron chi connectivity index (χ1n) is 4.50. The highest BCUT2D eigenvalue weighted by Gasteiger charge is 2.10. The summed E-state index contributed by atoms with van der Waals surface area (Å²) in [6.07, 6.45) is 1.49. The molecule has 1 heterocycles. The molecule has 2 aromatic rings. The average molecular weight is 222 g/mol. The van der Waals surface area contributed by atoms with Gasteiger partial charge in [0.2, 0.25) is 5.88 Å². The first-order valence-corrected chi connectivity index (χ1v) is 4.50. The Morgan fingerprint density at radius 3 is 2.62 bits per heavy atom.